The van der Waals surface area contributed by atoms with E-state index < -0.39 is 0 Å². The van der Waals surface area contributed by atoms with Gasteiger partial charge < -0.3 is 10.4 Å². The third-order valence-electron chi connectivity index (χ3n) is 2.86. The summed E-state index contributed by atoms with van der Waals surface area (Å²) in [6, 6.07) is 8.95. The third kappa shape index (κ3) is 2.64. The highest BCUT2D eigenvalue weighted by atomic mass is 35.5. The normalized spacial score (nSPS) is 10.6. The maximum Gasteiger partial charge on any atom is 0.259 e. The second kappa shape index (κ2) is 5.39. The van der Waals surface area contributed by atoms with E-state index >= 15 is 0 Å². The summed E-state index contributed by atoms with van der Waals surface area (Å²) in [5.74, 6) is 5.52. The molecule has 2 heterocycles. The Morgan fingerprint density at radius 3 is 2.86 bits per heavy atom. The number of nitrogens with one attached hydrogen (secondary N) is 3. The average molecular weight is 303 g/mol. The number of imidazole rings is 1. The number of carbonyl (C=O) groups excluding carboxylic acids is 1. The maximum absolute atomic E-state index is 12.1. The van der Waals surface area contributed by atoms with Crippen LogP contribution in [0.2, 0.25) is 5.02 Å². The molecule has 0 unspecified atom stereocenters. The summed E-state index contributed by atoms with van der Waals surface area (Å²) in [6.45, 7) is 0. The molecule has 0 aliphatic heterocycles. The molecule has 106 valence electrons. The number of aromatic amines is 1. The fraction of sp³-hybridized carbons (Fsp3) is 0. The molecule has 21 heavy (non-hydrogen) atoms. The minimum absolute atomic E-state index is 0.259. The molecule has 0 spiro atoms. The van der Waals surface area contributed by atoms with E-state index in [9.17, 15) is 4.79 Å². The molecule has 8 heteroatoms. The van der Waals surface area contributed by atoms with E-state index in [0.29, 0.717) is 17.3 Å². The summed E-state index contributed by atoms with van der Waals surface area (Å²) in [5.41, 5.74) is 4.25. The zero-order valence-electron chi connectivity index (χ0n) is 10.7. The Kier molecular flexibility index (Phi) is 3.43. The number of hydrogen-bond donors (Lipinski definition) is 4. The maximum atomic E-state index is 12.1. The highest BCUT2D eigenvalue weighted by molar-refractivity contribution is 6.33. The monoisotopic (exact) mass is 302 g/mol. The number of para-hydroxylation sites is 2. The van der Waals surface area contributed by atoms with E-state index in [1.165, 1.54) is 12.3 Å². The minimum atomic E-state index is -0.368. The van der Waals surface area contributed by atoms with Gasteiger partial charge in [0.15, 0.2) is 5.82 Å². The Labute approximate surface area is 124 Å². The number of pyridine rings is 1. The third-order valence-corrected chi connectivity index (χ3v) is 3.15. The number of fused-ring (bicyclic) bond motifs is 1. The van der Waals surface area contributed by atoms with Gasteiger partial charge in [-0.25, -0.2) is 15.8 Å². The van der Waals surface area contributed by atoms with E-state index in [-0.39, 0.29) is 10.9 Å². The van der Waals surface area contributed by atoms with E-state index in [0.717, 1.165) is 11.0 Å². The fourth-order valence-electron chi connectivity index (χ4n) is 1.86. The molecule has 0 saturated carbocycles. The summed E-state index contributed by atoms with van der Waals surface area (Å²) in [7, 11) is 0. The van der Waals surface area contributed by atoms with Crippen molar-refractivity contribution < 1.29 is 4.79 Å². The highest BCUT2D eigenvalue weighted by Crippen LogP contribution is 2.20. The van der Waals surface area contributed by atoms with Crippen LogP contribution in [0, 0.1) is 0 Å². The second-order valence-corrected chi connectivity index (χ2v) is 4.66. The van der Waals surface area contributed by atoms with Crippen molar-refractivity contribution >= 4 is 40.3 Å². The number of hydrogen-bond acceptors (Lipinski definition) is 5. The van der Waals surface area contributed by atoms with Gasteiger partial charge in [-0.1, -0.05) is 23.7 Å². The van der Waals surface area contributed by atoms with Crippen molar-refractivity contribution in [1.29, 1.82) is 0 Å². The molecular weight excluding hydrogens is 292 g/mol. The number of rotatable bonds is 3. The van der Waals surface area contributed by atoms with Gasteiger partial charge in [0, 0.05) is 6.20 Å². The Balaban J connectivity index is 1.84. The van der Waals surface area contributed by atoms with Gasteiger partial charge >= 0.3 is 0 Å². The first-order valence-electron chi connectivity index (χ1n) is 6.05. The molecule has 1 aromatic carbocycles. The van der Waals surface area contributed by atoms with Crippen LogP contribution in [0.15, 0.2) is 36.5 Å². The molecule has 0 fully saturated rings. The number of hydrazine groups is 1. The Morgan fingerprint density at radius 1 is 1.33 bits per heavy atom. The Hall–Kier alpha value is -2.64. The molecule has 7 nitrogen and oxygen atoms in total. The molecule has 2 aromatic heterocycles. The number of amides is 1. The number of nitrogens with two attached hydrogens (primary N) is 1. The standard InChI is InChI=1S/C13H11ClN6O/c14-8-5-7(6-16-11(8)20-15)12(21)19-13-17-9-3-1-2-4-10(9)18-13/h1-6H,15H2,(H,16,20)(H2,17,18,19,21). The first kappa shape index (κ1) is 13.3. The van der Waals surface area contributed by atoms with Crippen molar-refractivity contribution in [3.05, 3.63) is 47.1 Å². The van der Waals surface area contributed by atoms with Gasteiger partial charge in [-0.05, 0) is 18.2 Å². The molecule has 0 aliphatic rings. The van der Waals surface area contributed by atoms with Crippen LogP contribution in [0.1, 0.15) is 10.4 Å². The van der Waals surface area contributed by atoms with Crippen LogP contribution in [0.3, 0.4) is 0 Å². The molecule has 3 aromatic rings. The van der Waals surface area contributed by atoms with Gasteiger partial charge in [-0.2, -0.15) is 0 Å². The molecule has 3 rings (SSSR count). The molecule has 1 amide bonds. The number of nitrogen functional groups attached to an aromatic ring is 1. The van der Waals surface area contributed by atoms with Crippen molar-refractivity contribution in [2.75, 3.05) is 10.7 Å². The summed E-state index contributed by atoms with van der Waals surface area (Å²) >= 11 is 5.93. The van der Waals surface area contributed by atoms with Crippen molar-refractivity contribution in [3.8, 4) is 0 Å². The smallest absolute Gasteiger partial charge is 0.259 e. The molecule has 5 N–H and O–H groups in total. The SMILES string of the molecule is NNc1ncc(C(=O)Nc2nc3ccccc3[nH]2)cc1Cl. The number of anilines is 2. The number of carbonyl (C=O) groups is 1. The number of benzene rings is 1. The predicted octanol–water partition coefficient (Wildman–Crippen LogP) is 2.15. The molecular formula is C13H11ClN6O. The highest BCUT2D eigenvalue weighted by Gasteiger charge is 2.11. The number of H-pyrrole nitrogens is 1. The van der Waals surface area contributed by atoms with Gasteiger partial charge in [0.2, 0.25) is 5.95 Å². The zero-order chi connectivity index (χ0) is 14.8. The van der Waals surface area contributed by atoms with E-state index in [2.05, 4.69) is 25.7 Å². The summed E-state index contributed by atoms with van der Waals surface area (Å²) in [5, 5.41) is 2.92. The van der Waals surface area contributed by atoms with Crippen LogP contribution >= 0.6 is 11.6 Å². The molecule has 0 saturated heterocycles. The molecule has 0 bridgehead atoms. The molecule has 0 atom stereocenters. The largest absolute Gasteiger partial charge is 0.324 e. The fourth-order valence-corrected chi connectivity index (χ4v) is 2.08. The lowest BCUT2D eigenvalue weighted by atomic mass is 10.2. The Morgan fingerprint density at radius 2 is 2.14 bits per heavy atom. The molecule has 0 radical (unpaired) electrons. The quantitative estimate of drug-likeness (QED) is 0.438. The van der Waals surface area contributed by atoms with Gasteiger partial charge in [0.1, 0.15) is 0 Å². The van der Waals surface area contributed by atoms with Crippen LogP contribution in [-0.4, -0.2) is 20.9 Å². The lowest BCUT2D eigenvalue weighted by Gasteiger charge is -2.05. The van der Waals surface area contributed by atoms with Crippen LogP contribution in [-0.2, 0) is 0 Å². The minimum Gasteiger partial charge on any atom is -0.324 e. The van der Waals surface area contributed by atoms with Crippen molar-refractivity contribution in [2.45, 2.75) is 0 Å². The van der Waals surface area contributed by atoms with Crippen molar-refractivity contribution in [3.63, 3.8) is 0 Å². The van der Waals surface area contributed by atoms with E-state index in [1.807, 2.05) is 24.3 Å². The average Bonchev–Trinajstić information content (AvgIpc) is 2.89. The first-order valence-corrected chi connectivity index (χ1v) is 6.43. The lowest BCUT2D eigenvalue weighted by molar-refractivity contribution is 0.102. The summed E-state index contributed by atoms with van der Waals surface area (Å²) in [6.07, 6.45) is 1.37. The topological polar surface area (TPSA) is 109 Å². The summed E-state index contributed by atoms with van der Waals surface area (Å²) < 4.78 is 0. The van der Waals surface area contributed by atoms with Crippen LogP contribution in [0.5, 0.6) is 0 Å². The molecule has 0 aliphatic carbocycles. The van der Waals surface area contributed by atoms with Crippen LogP contribution in [0.4, 0.5) is 11.8 Å². The summed E-state index contributed by atoms with van der Waals surface area (Å²) in [4.78, 5) is 23.3. The van der Waals surface area contributed by atoms with E-state index in [1.54, 1.807) is 0 Å². The number of aromatic nitrogens is 3. The number of nitrogens with zero attached hydrogens (tertiary/aromatic N) is 2. The zero-order valence-corrected chi connectivity index (χ0v) is 11.5. The van der Waals surface area contributed by atoms with E-state index in [4.69, 9.17) is 17.4 Å². The second-order valence-electron chi connectivity index (χ2n) is 4.26. The van der Waals surface area contributed by atoms with Gasteiger partial charge in [-0.15, -0.1) is 0 Å². The van der Waals surface area contributed by atoms with Crippen LogP contribution < -0.4 is 16.6 Å². The van der Waals surface area contributed by atoms with Crippen molar-refractivity contribution in [1.82, 2.24) is 15.0 Å². The number of halogens is 1. The van der Waals surface area contributed by atoms with Gasteiger partial charge in [0.25, 0.3) is 5.91 Å². The Bertz CT molecular complexity index is 782. The van der Waals surface area contributed by atoms with Gasteiger partial charge in [0.05, 0.1) is 21.6 Å². The van der Waals surface area contributed by atoms with Gasteiger partial charge in [-0.3, -0.25) is 10.1 Å². The first-order chi connectivity index (χ1) is 10.2. The lowest BCUT2D eigenvalue weighted by Crippen LogP contribution is -2.15. The van der Waals surface area contributed by atoms with Crippen LogP contribution in [0.25, 0.3) is 11.0 Å². The predicted molar refractivity (Wildman–Crippen MR) is 81.1 cm³/mol. The van der Waals surface area contributed by atoms with Crippen molar-refractivity contribution in [2.24, 2.45) is 5.84 Å².